The third kappa shape index (κ3) is 5.19. The highest BCUT2D eigenvalue weighted by atomic mass is 16.4. The maximum Gasteiger partial charge on any atom is 0.247 e. The number of rotatable bonds is 6. The van der Waals surface area contributed by atoms with E-state index >= 15 is 0 Å². The molecule has 0 unspecified atom stereocenters. The molecule has 2 amide bonds. The summed E-state index contributed by atoms with van der Waals surface area (Å²) in [5.41, 5.74) is 0.981. The fraction of sp³-hybridized carbons (Fsp3) is 0.412. The highest BCUT2D eigenvalue weighted by molar-refractivity contribution is 5.91. The molecule has 0 spiro atoms. The molecule has 0 aliphatic carbocycles. The molecule has 0 aliphatic rings. The first-order valence-corrected chi connectivity index (χ1v) is 7.81. The van der Waals surface area contributed by atoms with Crippen LogP contribution in [0.25, 0.3) is 11.5 Å². The Kier molecular flexibility index (Phi) is 5.68. The predicted molar refractivity (Wildman–Crippen MR) is 90.1 cm³/mol. The molecule has 0 atom stereocenters. The molecule has 128 valence electrons. The zero-order valence-corrected chi connectivity index (χ0v) is 14.1. The molecule has 2 aromatic rings. The molecule has 2 rings (SSSR count). The average Bonchev–Trinajstić information content (AvgIpc) is 3.05. The van der Waals surface area contributed by atoms with Crippen LogP contribution in [0, 0.1) is 5.41 Å². The lowest BCUT2D eigenvalue weighted by Crippen LogP contribution is -2.35. The van der Waals surface area contributed by atoms with Crippen LogP contribution >= 0.6 is 0 Å². The first kappa shape index (κ1) is 17.7. The summed E-state index contributed by atoms with van der Waals surface area (Å²) in [7, 11) is 0. The van der Waals surface area contributed by atoms with Crippen molar-refractivity contribution in [3.63, 3.8) is 0 Å². The first-order valence-electron chi connectivity index (χ1n) is 7.81. The molecule has 0 radical (unpaired) electrons. The second-order valence-electron chi connectivity index (χ2n) is 6.48. The van der Waals surface area contributed by atoms with E-state index in [-0.39, 0.29) is 11.8 Å². The number of amides is 2. The van der Waals surface area contributed by atoms with Gasteiger partial charge in [0.2, 0.25) is 24.1 Å². The third-order valence-corrected chi connectivity index (χ3v) is 3.30. The monoisotopic (exact) mass is 330 g/mol. The van der Waals surface area contributed by atoms with Crippen LogP contribution in [-0.2, 0) is 9.59 Å². The fourth-order valence-electron chi connectivity index (χ4n) is 1.97. The smallest absolute Gasteiger partial charge is 0.247 e. The predicted octanol–water partition coefficient (Wildman–Crippen LogP) is 2.62. The summed E-state index contributed by atoms with van der Waals surface area (Å²) in [5, 5.41) is 13.1. The minimum Gasteiger partial charge on any atom is -0.423 e. The number of anilines is 1. The van der Waals surface area contributed by atoms with Crippen LogP contribution in [0.4, 0.5) is 5.69 Å². The van der Waals surface area contributed by atoms with Crippen molar-refractivity contribution in [2.24, 2.45) is 5.41 Å². The Balaban J connectivity index is 1.79. The summed E-state index contributed by atoms with van der Waals surface area (Å²) in [5.74, 6) is 0.272. The van der Waals surface area contributed by atoms with E-state index in [1.807, 2.05) is 26.8 Å². The van der Waals surface area contributed by atoms with Crippen molar-refractivity contribution in [2.45, 2.75) is 33.6 Å². The number of carbonyl (C=O) groups is 2. The summed E-state index contributed by atoms with van der Waals surface area (Å²) in [4.78, 5) is 23.7. The van der Waals surface area contributed by atoms with Crippen molar-refractivity contribution in [1.29, 1.82) is 0 Å². The van der Waals surface area contributed by atoms with E-state index in [1.54, 1.807) is 18.2 Å². The SMILES string of the molecule is CC(C)(C)C(=O)NCCCC(=O)Nc1cccc(-c2nnco2)c1. The van der Waals surface area contributed by atoms with Crippen LogP contribution in [0.3, 0.4) is 0 Å². The lowest BCUT2D eigenvalue weighted by atomic mass is 9.96. The van der Waals surface area contributed by atoms with E-state index in [2.05, 4.69) is 20.8 Å². The molecular weight excluding hydrogens is 308 g/mol. The Morgan fingerprint density at radius 1 is 1.25 bits per heavy atom. The summed E-state index contributed by atoms with van der Waals surface area (Å²) in [6.07, 6.45) is 2.17. The van der Waals surface area contributed by atoms with Gasteiger partial charge in [-0.15, -0.1) is 10.2 Å². The molecule has 0 bridgehead atoms. The molecule has 7 heteroatoms. The molecule has 7 nitrogen and oxygen atoms in total. The summed E-state index contributed by atoms with van der Waals surface area (Å²) in [6.45, 7) is 6.04. The number of carbonyl (C=O) groups excluding carboxylic acids is 2. The van der Waals surface area contributed by atoms with Gasteiger partial charge in [0.25, 0.3) is 0 Å². The molecule has 24 heavy (non-hydrogen) atoms. The van der Waals surface area contributed by atoms with E-state index in [0.29, 0.717) is 31.0 Å². The Morgan fingerprint density at radius 3 is 2.71 bits per heavy atom. The zero-order chi connectivity index (χ0) is 17.6. The van der Waals surface area contributed by atoms with Crippen LogP contribution in [-0.4, -0.2) is 28.6 Å². The van der Waals surface area contributed by atoms with Crippen LogP contribution in [0.5, 0.6) is 0 Å². The Labute approximate surface area is 140 Å². The number of hydrogen-bond donors (Lipinski definition) is 2. The van der Waals surface area contributed by atoms with Crippen molar-refractivity contribution in [1.82, 2.24) is 15.5 Å². The van der Waals surface area contributed by atoms with Crippen LogP contribution in [0.2, 0.25) is 0 Å². The summed E-state index contributed by atoms with van der Waals surface area (Å²) in [6, 6.07) is 7.19. The van der Waals surface area contributed by atoms with Crippen molar-refractivity contribution < 1.29 is 14.0 Å². The Bertz CT molecular complexity index is 690. The average molecular weight is 330 g/mol. The Hall–Kier alpha value is -2.70. The quantitative estimate of drug-likeness (QED) is 0.794. The maximum atomic E-state index is 12.0. The van der Waals surface area contributed by atoms with Crippen molar-refractivity contribution >= 4 is 17.5 Å². The van der Waals surface area contributed by atoms with Gasteiger partial charge in [0, 0.05) is 29.6 Å². The first-order chi connectivity index (χ1) is 11.4. The fourth-order valence-corrected chi connectivity index (χ4v) is 1.97. The lowest BCUT2D eigenvalue weighted by molar-refractivity contribution is -0.128. The number of benzene rings is 1. The minimum atomic E-state index is -0.419. The maximum absolute atomic E-state index is 12.0. The second kappa shape index (κ2) is 7.72. The van der Waals surface area contributed by atoms with E-state index in [4.69, 9.17) is 4.42 Å². The van der Waals surface area contributed by atoms with E-state index in [9.17, 15) is 9.59 Å². The van der Waals surface area contributed by atoms with Gasteiger partial charge in [0.1, 0.15) is 0 Å². The van der Waals surface area contributed by atoms with E-state index in [1.165, 1.54) is 6.39 Å². The van der Waals surface area contributed by atoms with Gasteiger partial charge in [-0.05, 0) is 24.6 Å². The molecule has 0 aliphatic heterocycles. The van der Waals surface area contributed by atoms with Crippen LogP contribution in [0.1, 0.15) is 33.6 Å². The van der Waals surface area contributed by atoms with Gasteiger partial charge in [-0.3, -0.25) is 9.59 Å². The minimum absolute atomic E-state index is 0.0184. The molecule has 1 aromatic heterocycles. The summed E-state index contributed by atoms with van der Waals surface area (Å²) < 4.78 is 5.13. The highest BCUT2D eigenvalue weighted by Crippen LogP contribution is 2.20. The summed E-state index contributed by atoms with van der Waals surface area (Å²) >= 11 is 0. The van der Waals surface area contributed by atoms with Gasteiger partial charge in [-0.2, -0.15) is 0 Å². The normalized spacial score (nSPS) is 11.1. The molecule has 0 saturated heterocycles. The number of hydrogen-bond acceptors (Lipinski definition) is 5. The highest BCUT2D eigenvalue weighted by Gasteiger charge is 2.20. The van der Waals surface area contributed by atoms with Crippen molar-refractivity contribution in [3.05, 3.63) is 30.7 Å². The van der Waals surface area contributed by atoms with Gasteiger partial charge in [-0.1, -0.05) is 26.8 Å². The standard InChI is InChI=1S/C17H22N4O3/c1-17(2,3)16(23)18-9-5-8-14(22)20-13-7-4-6-12(10-13)15-21-19-11-24-15/h4,6-7,10-11H,5,8-9H2,1-3H3,(H,18,23)(H,20,22). The van der Waals surface area contributed by atoms with E-state index < -0.39 is 5.41 Å². The third-order valence-electron chi connectivity index (χ3n) is 3.30. The van der Waals surface area contributed by atoms with Crippen molar-refractivity contribution in [2.75, 3.05) is 11.9 Å². The van der Waals surface area contributed by atoms with Gasteiger partial charge < -0.3 is 15.1 Å². The molecule has 1 heterocycles. The molecule has 0 fully saturated rings. The molecule has 2 N–H and O–H groups in total. The van der Waals surface area contributed by atoms with E-state index in [0.717, 1.165) is 5.56 Å². The van der Waals surface area contributed by atoms with Crippen molar-refractivity contribution in [3.8, 4) is 11.5 Å². The number of nitrogens with zero attached hydrogens (tertiary/aromatic N) is 2. The largest absolute Gasteiger partial charge is 0.423 e. The number of aromatic nitrogens is 2. The number of nitrogens with one attached hydrogen (secondary N) is 2. The molecular formula is C17H22N4O3. The zero-order valence-electron chi connectivity index (χ0n) is 14.1. The molecule has 0 saturated carbocycles. The molecule has 1 aromatic carbocycles. The van der Waals surface area contributed by atoms with Gasteiger partial charge in [0.05, 0.1) is 0 Å². The second-order valence-corrected chi connectivity index (χ2v) is 6.48. The van der Waals surface area contributed by atoms with Gasteiger partial charge in [-0.25, -0.2) is 0 Å². The lowest BCUT2D eigenvalue weighted by Gasteiger charge is -2.17. The van der Waals surface area contributed by atoms with Crippen LogP contribution in [0.15, 0.2) is 35.1 Å². The van der Waals surface area contributed by atoms with Crippen LogP contribution < -0.4 is 10.6 Å². The topological polar surface area (TPSA) is 97.1 Å². The van der Waals surface area contributed by atoms with Gasteiger partial charge >= 0.3 is 0 Å². The Morgan fingerprint density at radius 2 is 2.04 bits per heavy atom. The van der Waals surface area contributed by atoms with Gasteiger partial charge in [0.15, 0.2) is 0 Å².